The molecule has 1 aliphatic heterocycles. The summed E-state index contributed by atoms with van der Waals surface area (Å²) >= 11 is 1.29. The summed E-state index contributed by atoms with van der Waals surface area (Å²) in [5.41, 5.74) is 5.83. The lowest BCUT2D eigenvalue weighted by molar-refractivity contribution is -0.284. The van der Waals surface area contributed by atoms with Gasteiger partial charge in [0.05, 0.1) is 22.8 Å². The third-order valence-corrected chi connectivity index (χ3v) is 9.53. The van der Waals surface area contributed by atoms with Gasteiger partial charge in [0.25, 0.3) is 0 Å². The number of nitrogens with two attached hydrogens (primary N) is 1. The molecular formula is C28H28F5N9O2S. The summed E-state index contributed by atoms with van der Waals surface area (Å²) < 4.78 is 67.2. The molecule has 11 nitrogen and oxygen atoms in total. The Morgan fingerprint density at radius 2 is 1.84 bits per heavy atom. The summed E-state index contributed by atoms with van der Waals surface area (Å²) in [5, 5.41) is 9.56. The Morgan fingerprint density at radius 1 is 1.13 bits per heavy atom. The van der Waals surface area contributed by atoms with Crippen LogP contribution in [0.2, 0.25) is 0 Å². The number of nitrogens with one attached hydrogen (secondary N) is 1. The molecule has 6 rings (SSSR count). The van der Waals surface area contributed by atoms with Gasteiger partial charge in [0.1, 0.15) is 39.4 Å². The third kappa shape index (κ3) is 5.00. The largest absolute Gasteiger partial charge is 0.453 e. The monoisotopic (exact) mass is 649 g/mol. The van der Waals surface area contributed by atoms with Crippen molar-refractivity contribution in [1.82, 2.24) is 34.7 Å². The van der Waals surface area contributed by atoms with Gasteiger partial charge in [-0.15, -0.1) is 11.3 Å². The van der Waals surface area contributed by atoms with Gasteiger partial charge in [0, 0.05) is 37.1 Å². The van der Waals surface area contributed by atoms with E-state index in [1.165, 1.54) is 36.2 Å². The van der Waals surface area contributed by atoms with E-state index in [1.807, 2.05) is 19.2 Å². The first kappa shape index (κ1) is 30.9. The van der Waals surface area contributed by atoms with E-state index in [1.54, 1.807) is 0 Å². The number of carbonyl (C=O) groups is 2. The molecule has 5 heterocycles. The Balaban J connectivity index is 1.43. The lowest BCUT2D eigenvalue weighted by atomic mass is 9.77. The number of Topliss-reactive ketones (excluding diaryl/α,β-unsaturated/α-hetero) is 1. The topological polar surface area (TPSA) is 154 Å². The first-order valence-corrected chi connectivity index (χ1v) is 14.9. The van der Waals surface area contributed by atoms with Crippen LogP contribution >= 0.6 is 11.3 Å². The molecule has 1 fully saturated rings. The van der Waals surface area contributed by atoms with Crippen LogP contribution in [0.5, 0.6) is 0 Å². The lowest BCUT2D eigenvalue weighted by Gasteiger charge is -2.25. The average Bonchev–Trinajstić information content (AvgIpc) is 3.46. The number of amides is 1. The number of hydrogen-bond donors (Lipinski definition) is 2. The molecule has 0 saturated heterocycles. The Morgan fingerprint density at radius 3 is 2.49 bits per heavy atom. The number of hydrogen-bond acceptors (Lipinski definition) is 10. The van der Waals surface area contributed by atoms with E-state index in [2.05, 4.69) is 30.4 Å². The fourth-order valence-corrected chi connectivity index (χ4v) is 6.67. The van der Waals surface area contributed by atoms with E-state index in [-0.39, 0.29) is 52.2 Å². The maximum absolute atomic E-state index is 13.8. The quantitative estimate of drug-likeness (QED) is 0.244. The number of aromatic nitrogens is 7. The molecule has 1 unspecified atom stereocenters. The molecule has 4 aromatic heterocycles. The number of halogens is 5. The van der Waals surface area contributed by atoms with Crippen molar-refractivity contribution in [2.24, 2.45) is 18.4 Å². The van der Waals surface area contributed by atoms with Gasteiger partial charge in [-0.1, -0.05) is 13.8 Å². The zero-order chi connectivity index (χ0) is 32.7. The molecule has 0 bridgehead atoms. The lowest BCUT2D eigenvalue weighted by Crippen LogP contribution is -2.38. The normalized spacial score (nSPS) is 18.8. The molecule has 1 amide bonds. The Hall–Kier alpha value is -4.15. The molecule has 0 spiro atoms. The fraction of sp³-hybridized carbons (Fsp3) is 0.500. The van der Waals surface area contributed by atoms with E-state index >= 15 is 0 Å². The van der Waals surface area contributed by atoms with Crippen molar-refractivity contribution in [1.29, 1.82) is 0 Å². The van der Waals surface area contributed by atoms with E-state index in [9.17, 15) is 31.5 Å². The van der Waals surface area contributed by atoms with Crippen molar-refractivity contribution in [2.45, 2.75) is 70.4 Å². The second-order valence-corrected chi connectivity index (χ2v) is 13.0. The van der Waals surface area contributed by atoms with E-state index in [0.29, 0.717) is 28.1 Å². The first-order valence-electron chi connectivity index (χ1n) is 14.0. The fourth-order valence-electron chi connectivity index (χ4n) is 5.57. The van der Waals surface area contributed by atoms with Gasteiger partial charge in [0.15, 0.2) is 11.5 Å². The van der Waals surface area contributed by atoms with Crippen LogP contribution < -0.4 is 11.1 Å². The van der Waals surface area contributed by atoms with Gasteiger partial charge in [-0.25, -0.2) is 24.9 Å². The maximum atomic E-state index is 13.8. The average molecular weight is 650 g/mol. The highest BCUT2D eigenvalue weighted by atomic mass is 32.1. The Bertz CT molecular complexity index is 1860. The van der Waals surface area contributed by atoms with Gasteiger partial charge < -0.3 is 11.1 Å². The zero-order valence-corrected chi connectivity index (χ0v) is 25.4. The molecule has 45 heavy (non-hydrogen) atoms. The number of nitrogens with zero attached hydrogens (tertiary/aromatic N) is 7. The maximum Gasteiger partial charge on any atom is 0.453 e. The second kappa shape index (κ2) is 10.2. The van der Waals surface area contributed by atoms with Crippen LogP contribution in [0.15, 0.2) is 11.6 Å². The third-order valence-electron chi connectivity index (χ3n) is 8.50. The number of thiazole rings is 1. The summed E-state index contributed by atoms with van der Waals surface area (Å²) in [6, 6.07) is 0. The highest BCUT2D eigenvalue weighted by Crippen LogP contribution is 2.58. The van der Waals surface area contributed by atoms with Gasteiger partial charge in [-0.05, 0) is 25.7 Å². The predicted octanol–water partition coefficient (Wildman–Crippen LogP) is 4.80. The van der Waals surface area contributed by atoms with Crippen LogP contribution in [-0.2, 0) is 34.9 Å². The van der Waals surface area contributed by atoms with Crippen molar-refractivity contribution in [3.05, 3.63) is 33.7 Å². The van der Waals surface area contributed by atoms with Crippen LogP contribution in [0.25, 0.3) is 22.6 Å². The minimum absolute atomic E-state index is 0.00718. The molecule has 4 aromatic rings. The van der Waals surface area contributed by atoms with Crippen LogP contribution in [0.3, 0.4) is 0 Å². The molecule has 1 atom stereocenters. The van der Waals surface area contributed by atoms with E-state index in [0.717, 1.165) is 12.8 Å². The molecule has 238 valence electrons. The van der Waals surface area contributed by atoms with Crippen LogP contribution in [0, 0.1) is 11.3 Å². The van der Waals surface area contributed by atoms with E-state index < -0.39 is 35.8 Å². The number of aryl methyl sites for hydroxylation is 2. The molecule has 0 radical (unpaired) electrons. The number of nitrogen functional groups attached to an aromatic ring is 1. The van der Waals surface area contributed by atoms with Crippen LogP contribution in [0.4, 0.5) is 33.6 Å². The van der Waals surface area contributed by atoms with Crippen molar-refractivity contribution >= 4 is 45.7 Å². The molecule has 2 aliphatic rings. The molecule has 1 saturated carbocycles. The van der Waals surface area contributed by atoms with E-state index in [4.69, 9.17) is 10.7 Å². The number of anilines is 2. The van der Waals surface area contributed by atoms with Gasteiger partial charge in [-0.3, -0.25) is 14.3 Å². The SMILES string of the molecule is CC(=O)C(C)(C)Cc1csc(C2(C3CC3)C(=O)Nc3nc(-c4nc(CCC(F)(F)C(F)(F)F)nc5c4cnn5C)nc(N)c32)n1. The van der Waals surface area contributed by atoms with Gasteiger partial charge in [-0.2, -0.15) is 27.1 Å². The molecule has 1 aliphatic carbocycles. The highest BCUT2D eigenvalue weighted by molar-refractivity contribution is 7.10. The number of ketones is 1. The van der Waals surface area contributed by atoms with Crippen LogP contribution in [0.1, 0.15) is 62.1 Å². The smallest absolute Gasteiger partial charge is 0.383 e. The molecular weight excluding hydrogens is 621 g/mol. The number of rotatable bonds is 9. The number of fused-ring (bicyclic) bond motifs is 2. The summed E-state index contributed by atoms with van der Waals surface area (Å²) in [6.45, 7) is 5.18. The van der Waals surface area contributed by atoms with Crippen molar-refractivity contribution in [3.63, 3.8) is 0 Å². The van der Waals surface area contributed by atoms with Crippen molar-refractivity contribution < 1.29 is 31.5 Å². The second-order valence-electron chi connectivity index (χ2n) is 12.1. The molecule has 0 aromatic carbocycles. The van der Waals surface area contributed by atoms with Crippen molar-refractivity contribution in [2.75, 3.05) is 11.1 Å². The predicted molar refractivity (Wildman–Crippen MR) is 153 cm³/mol. The Kier molecular flexibility index (Phi) is 6.98. The number of alkyl halides is 5. The molecule has 3 N–H and O–H groups in total. The molecule has 17 heteroatoms. The zero-order valence-electron chi connectivity index (χ0n) is 24.6. The standard InChI is InChI=1S/C28H28F5N9O2S/c1-12(43)25(2,3)9-14-11-45-24(36-14)27(13-5-6-13)17-19(34)39-21(40-20(17)41-23(27)44)18-15-10-35-42(4)22(15)38-16(37-18)7-8-26(29,30)28(31,32)33/h10-11,13H,5-9H2,1-4H3,(H3,34,39,40,41,44). The Labute approximate surface area is 256 Å². The minimum atomic E-state index is -5.72. The summed E-state index contributed by atoms with van der Waals surface area (Å²) in [7, 11) is 1.52. The summed E-state index contributed by atoms with van der Waals surface area (Å²) in [4.78, 5) is 48.2. The first-order chi connectivity index (χ1) is 21.0. The number of carbonyl (C=O) groups excluding carboxylic acids is 2. The summed E-state index contributed by atoms with van der Waals surface area (Å²) in [6.07, 6.45) is -4.85. The minimum Gasteiger partial charge on any atom is -0.383 e. The van der Waals surface area contributed by atoms with Gasteiger partial charge in [0.2, 0.25) is 5.91 Å². The summed E-state index contributed by atoms with van der Waals surface area (Å²) in [5.74, 6) is -5.75. The van der Waals surface area contributed by atoms with Gasteiger partial charge >= 0.3 is 12.1 Å². The van der Waals surface area contributed by atoms with Crippen LogP contribution in [-0.4, -0.2) is 58.5 Å². The highest BCUT2D eigenvalue weighted by Gasteiger charge is 2.61. The van der Waals surface area contributed by atoms with Crippen molar-refractivity contribution in [3.8, 4) is 11.5 Å².